The third-order valence-corrected chi connectivity index (χ3v) is 5.60. The summed E-state index contributed by atoms with van der Waals surface area (Å²) in [6.45, 7) is 2.38. The second-order valence-electron chi connectivity index (χ2n) is 6.50. The van der Waals surface area contributed by atoms with Crippen LogP contribution in [0.15, 0.2) is 60.8 Å². The van der Waals surface area contributed by atoms with Gasteiger partial charge in [-0.1, -0.05) is 49.4 Å². The van der Waals surface area contributed by atoms with E-state index in [1.165, 1.54) is 18.3 Å². The summed E-state index contributed by atoms with van der Waals surface area (Å²) in [6, 6.07) is 17.8. The maximum Gasteiger partial charge on any atom is 0.268 e. The Bertz CT molecular complexity index is 1140. The van der Waals surface area contributed by atoms with E-state index in [1.54, 1.807) is 16.8 Å². The number of nitrogens with zero attached hydrogens (tertiary/aromatic N) is 3. The van der Waals surface area contributed by atoms with E-state index < -0.39 is 15.9 Å². The van der Waals surface area contributed by atoms with Crippen molar-refractivity contribution in [2.75, 3.05) is 0 Å². The van der Waals surface area contributed by atoms with E-state index in [-0.39, 0.29) is 11.3 Å². The van der Waals surface area contributed by atoms with Gasteiger partial charge in [-0.2, -0.15) is 10.4 Å². The van der Waals surface area contributed by atoms with Crippen LogP contribution in [0.2, 0.25) is 0 Å². The molecule has 1 N–H and O–H groups in total. The second-order valence-corrected chi connectivity index (χ2v) is 8.22. The smallest absolute Gasteiger partial charge is 0.268 e. The highest BCUT2D eigenvalue weighted by molar-refractivity contribution is 7.89. The average molecular weight is 408 g/mol. The lowest BCUT2D eigenvalue weighted by Crippen LogP contribution is -2.32. The van der Waals surface area contributed by atoms with Crippen molar-refractivity contribution in [1.29, 1.82) is 5.26 Å². The summed E-state index contributed by atoms with van der Waals surface area (Å²) >= 11 is 0. The molecule has 3 aromatic rings. The number of sulfonamides is 1. The molecule has 0 aliphatic carbocycles. The first-order chi connectivity index (χ1) is 13.9. The summed E-state index contributed by atoms with van der Waals surface area (Å²) in [5.41, 5.74) is 2.87. The standard InChI is InChI=1S/C21H20N4O3S/c1-2-20-19(13-23-25(20)14-17-6-4-3-5-7-17)21(26)24-29(27,28)15-18-10-8-16(12-22)9-11-18/h3-11,13H,2,14-15H2,1H3,(H,24,26). The molecule has 1 amide bonds. The minimum absolute atomic E-state index is 0.242. The van der Waals surface area contributed by atoms with Gasteiger partial charge in [-0.05, 0) is 29.7 Å². The number of benzene rings is 2. The molecule has 0 aliphatic rings. The molecule has 29 heavy (non-hydrogen) atoms. The largest absolute Gasteiger partial charge is 0.268 e. The molecule has 0 atom stereocenters. The fraction of sp³-hybridized carbons (Fsp3) is 0.190. The van der Waals surface area contributed by atoms with E-state index in [1.807, 2.05) is 43.3 Å². The van der Waals surface area contributed by atoms with Crippen LogP contribution < -0.4 is 4.72 Å². The fourth-order valence-electron chi connectivity index (χ4n) is 2.99. The zero-order valence-corrected chi connectivity index (χ0v) is 16.7. The molecular weight excluding hydrogens is 388 g/mol. The van der Waals surface area contributed by atoms with Gasteiger partial charge in [-0.25, -0.2) is 13.1 Å². The quantitative estimate of drug-likeness (QED) is 0.647. The maximum atomic E-state index is 12.6. The monoisotopic (exact) mass is 408 g/mol. The molecule has 0 spiro atoms. The molecule has 0 radical (unpaired) electrons. The molecule has 0 fully saturated rings. The Labute approximate surface area is 169 Å². The van der Waals surface area contributed by atoms with Crippen LogP contribution in [-0.2, 0) is 28.7 Å². The van der Waals surface area contributed by atoms with Gasteiger partial charge in [0.2, 0.25) is 10.0 Å². The van der Waals surface area contributed by atoms with Crippen molar-refractivity contribution in [2.24, 2.45) is 0 Å². The molecule has 0 unspecified atom stereocenters. The van der Waals surface area contributed by atoms with Gasteiger partial charge in [0.1, 0.15) is 0 Å². The third kappa shape index (κ3) is 5.09. The minimum Gasteiger partial charge on any atom is -0.268 e. The number of aromatic nitrogens is 2. The first-order valence-corrected chi connectivity index (χ1v) is 10.7. The maximum absolute atomic E-state index is 12.6. The summed E-state index contributed by atoms with van der Waals surface area (Å²) < 4.78 is 28.6. The van der Waals surface area contributed by atoms with Crippen LogP contribution in [0.4, 0.5) is 0 Å². The van der Waals surface area contributed by atoms with Gasteiger partial charge in [0.15, 0.2) is 0 Å². The Hall–Kier alpha value is -3.44. The van der Waals surface area contributed by atoms with Crippen molar-refractivity contribution in [3.63, 3.8) is 0 Å². The molecule has 8 heteroatoms. The minimum atomic E-state index is -3.90. The summed E-state index contributed by atoms with van der Waals surface area (Å²) in [5, 5.41) is 13.1. The van der Waals surface area contributed by atoms with E-state index in [0.29, 0.717) is 29.8 Å². The van der Waals surface area contributed by atoms with Gasteiger partial charge in [-0.3, -0.25) is 9.48 Å². The highest BCUT2D eigenvalue weighted by Gasteiger charge is 2.21. The molecule has 0 aliphatic heterocycles. The van der Waals surface area contributed by atoms with Gasteiger partial charge >= 0.3 is 0 Å². The van der Waals surface area contributed by atoms with E-state index in [0.717, 1.165) is 5.56 Å². The highest BCUT2D eigenvalue weighted by Crippen LogP contribution is 2.14. The zero-order chi connectivity index (χ0) is 20.9. The average Bonchev–Trinajstić information content (AvgIpc) is 3.11. The number of hydrogen-bond acceptors (Lipinski definition) is 5. The summed E-state index contributed by atoms with van der Waals surface area (Å²) in [5.74, 6) is -1.06. The molecule has 3 rings (SSSR count). The topological polar surface area (TPSA) is 105 Å². The van der Waals surface area contributed by atoms with E-state index in [4.69, 9.17) is 5.26 Å². The van der Waals surface area contributed by atoms with Crippen LogP contribution in [0.3, 0.4) is 0 Å². The second kappa shape index (κ2) is 8.71. The van der Waals surface area contributed by atoms with Crippen molar-refractivity contribution in [1.82, 2.24) is 14.5 Å². The number of carbonyl (C=O) groups excluding carboxylic acids is 1. The summed E-state index contributed by atoms with van der Waals surface area (Å²) in [6.07, 6.45) is 1.93. The normalized spacial score (nSPS) is 11.0. The van der Waals surface area contributed by atoms with Crippen LogP contribution >= 0.6 is 0 Å². The van der Waals surface area contributed by atoms with Crippen molar-refractivity contribution in [3.05, 3.63) is 88.7 Å². The van der Waals surface area contributed by atoms with Gasteiger partial charge in [0.25, 0.3) is 5.91 Å². The lowest BCUT2D eigenvalue weighted by molar-refractivity contribution is 0.0980. The molecule has 0 saturated carbocycles. The Kier molecular flexibility index (Phi) is 6.10. The number of nitriles is 1. The van der Waals surface area contributed by atoms with Crippen molar-refractivity contribution in [2.45, 2.75) is 25.6 Å². The number of hydrogen-bond donors (Lipinski definition) is 1. The lowest BCUT2D eigenvalue weighted by atomic mass is 10.2. The Morgan fingerprint density at radius 1 is 1.10 bits per heavy atom. The molecule has 1 heterocycles. The van der Waals surface area contributed by atoms with E-state index in [2.05, 4.69) is 9.82 Å². The van der Waals surface area contributed by atoms with Gasteiger partial charge in [0.05, 0.1) is 41.4 Å². The predicted molar refractivity (Wildman–Crippen MR) is 108 cm³/mol. The van der Waals surface area contributed by atoms with Crippen molar-refractivity contribution >= 4 is 15.9 Å². The molecule has 0 saturated heterocycles. The van der Waals surface area contributed by atoms with Crippen molar-refractivity contribution < 1.29 is 13.2 Å². The number of amides is 1. The Morgan fingerprint density at radius 2 is 1.79 bits per heavy atom. The summed E-state index contributed by atoms with van der Waals surface area (Å²) in [4.78, 5) is 12.6. The van der Waals surface area contributed by atoms with Crippen LogP contribution in [0.1, 0.15) is 39.7 Å². The third-order valence-electron chi connectivity index (χ3n) is 4.39. The summed E-state index contributed by atoms with van der Waals surface area (Å²) in [7, 11) is -3.90. The van der Waals surface area contributed by atoms with Crippen LogP contribution in [0, 0.1) is 11.3 Å². The highest BCUT2D eigenvalue weighted by atomic mass is 32.2. The first-order valence-electron chi connectivity index (χ1n) is 9.04. The first kappa shape index (κ1) is 20.3. The van der Waals surface area contributed by atoms with E-state index in [9.17, 15) is 13.2 Å². The molecule has 0 bridgehead atoms. The fourth-order valence-corrected chi connectivity index (χ4v) is 4.09. The predicted octanol–water partition coefficient (Wildman–Crippen LogP) is 2.63. The Balaban J connectivity index is 1.75. The lowest BCUT2D eigenvalue weighted by Gasteiger charge is -2.09. The molecule has 148 valence electrons. The number of nitrogens with one attached hydrogen (secondary N) is 1. The van der Waals surface area contributed by atoms with Crippen LogP contribution in [0.5, 0.6) is 0 Å². The molecule has 7 nitrogen and oxygen atoms in total. The van der Waals surface area contributed by atoms with Gasteiger partial charge < -0.3 is 0 Å². The molecule has 2 aromatic carbocycles. The SMILES string of the molecule is CCc1c(C(=O)NS(=O)(=O)Cc2ccc(C#N)cc2)cnn1Cc1ccccc1. The molecule has 1 aromatic heterocycles. The Morgan fingerprint density at radius 3 is 2.41 bits per heavy atom. The van der Waals surface area contributed by atoms with Crippen LogP contribution in [-0.4, -0.2) is 24.1 Å². The number of carbonyl (C=O) groups is 1. The number of rotatable bonds is 7. The van der Waals surface area contributed by atoms with Crippen molar-refractivity contribution in [3.8, 4) is 6.07 Å². The van der Waals surface area contributed by atoms with Gasteiger partial charge in [0, 0.05) is 0 Å². The van der Waals surface area contributed by atoms with Gasteiger partial charge in [-0.15, -0.1) is 0 Å². The molecular formula is C21H20N4O3S. The zero-order valence-electron chi connectivity index (χ0n) is 15.9. The van der Waals surface area contributed by atoms with Crippen LogP contribution in [0.25, 0.3) is 0 Å². The van der Waals surface area contributed by atoms with E-state index >= 15 is 0 Å².